The summed E-state index contributed by atoms with van der Waals surface area (Å²) in [4.78, 5) is 15.7. The summed E-state index contributed by atoms with van der Waals surface area (Å²) in [5.41, 5.74) is 7.13. The van der Waals surface area contributed by atoms with Crippen LogP contribution in [0, 0.1) is 0 Å². The van der Waals surface area contributed by atoms with E-state index in [4.69, 9.17) is 33.7 Å². The van der Waals surface area contributed by atoms with Gasteiger partial charge in [-0.05, 0) is 29.8 Å². The van der Waals surface area contributed by atoms with Crippen LogP contribution in [0.15, 0.2) is 30.5 Å². The van der Waals surface area contributed by atoms with Crippen molar-refractivity contribution in [1.29, 1.82) is 0 Å². The molecule has 0 unspecified atom stereocenters. The second kappa shape index (κ2) is 5.47. The smallest absolute Gasteiger partial charge is 0.338 e. The lowest BCUT2D eigenvalue weighted by atomic mass is 10.0. The van der Waals surface area contributed by atoms with E-state index in [2.05, 4.69) is 4.98 Å². The zero-order valence-electron chi connectivity index (χ0n) is 9.98. The van der Waals surface area contributed by atoms with E-state index in [1.54, 1.807) is 18.2 Å². The lowest BCUT2D eigenvalue weighted by Crippen LogP contribution is -2.06. The van der Waals surface area contributed by atoms with Crippen molar-refractivity contribution in [2.75, 3.05) is 12.8 Å². The summed E-state index contributed by atoms with van der Waals surface area (Å²) in [6, 6.07) is 6.44. The number of hydrogen-bond donors (Lipinski definition) is 1. The van der Waals surface area contributed by atoms with Crippen molar-refractivity contribution in [2.45, 2.75) is 0 Å². The largest absolute Gasteiger partial charge is 0.465 e. The van der Waals surface area contributed by atoms with Gasteiger partial charge in [0.1, 0.15) is 5.82 Å². The number of aromatic nitrogens is 1. The average molecular weight is 297 g/mol. The molecule has 0 saturated heterocycles. The molecule has 0 aliphatic heterocycles. The summed E-state index contributed by atoms with van der Waals surface area (Å²) in [7, 11) is 1.30. The van der Waals surface area contributed by atoms with Gasteiger partial charge in [0.25, 0.3) is 0 Å². The highest BCUT2D eigenvalue weighted by molar-refractivity contribution is 6.35. The van der Waals surface area contributed by atoms with Gasteiger partial charge in [-0.15, -0.1) is 0 Å². The van der Waals surface area contributed by atoms with Gasteiger partial charge in [0.05, 0.1) is 12.7 Å². The van der Waals surface area contributed by atoms with Crippen molar-refractivity contribution in [1.82, 2.24) is 4.98 Å². The summed E-state index contributed by atoms with van der Waals surface area (Å²) in [5.74, 6) is -0.266. The molecule has 98 valence electrons. The van der Waals surface area contributed by atoms with Crippen molar-refractivity contribution in [3.63, 3.8) is 0 Å². The lowest BCUT2D eigenvalue weighted by molar-refractivity contribution is 0.0601. The molecule has 4 nitrogen and oxygen atoms in total. The minimum atomic E-state index is -0.500. The molecule has 0 bridgehead atoms. The van der Waals surface area contributed by atoms with Gasteiger partial charge in [-0.25, -0.2) is 9.78 Å². The number of rotatable bonds is 2. The first kappa shape index (κ1) is 13.6. The molecular weight excluding hydrogens is 287 g/mol. The number of pyridine rings is 1. The summed E-state index contributed by atoms with van der Waals surface area (Å²) in [6.07, 6.45) is 1.49. The van der Waals surface area contributed by atoms with Crippen molar-refractivity contribution >= 4 is 35.0 Å². The number of carbonyl (C=O) groups is 1. The summed E-state index contributed by atoms with van der Waals surface area (Å²) in [5, 5.41) is 0.935. The Morgan fingerprint density at radius 2 is 1.84 bits per heavy atom. The van der Waals surface area contributed by atoms with Gasteiger partial charge in [0.2, 0.25) is 0 Å². The molecule has 1 aromatic carbocycles. The fourth-order valence-corrected chi connectivity index (χ4v) is 2.22. The van der Waals surface area contributed by atoms with E-state index in [1.807, 2.05) is 0 Å². The number of carbonyl (C=O) groups excluding carboxylic acids is 1. The Labute approximate surface area is 120 Å². The van der Waals surface area contributed by atoms with Gasteiger partial charge in [-0.3, -0.25) is 0 Å². The van der Waals surface area contributed by atoms with Gasteiger partial charge in [0, 0.05) is 21.8 Å². The normalized spacial score (nSPS) is 10.3. The van der Waals surface area contributed by atoms with Crippen LogP contribution < -0.4 is 5.73 Å². The van der Waals surface area contributed by atoms with Crippen LogP contribution in [0.2, 0.25) is 10.0 Å². The predicted molar refractivity (Wildman–Crippen MR) is 75.4 cm³/mol. The van der Waals surface area contributed by atoms with Gasteiger partial charge in [-0.1, -0.05) is 23.2 Å². The third kappa shape index (κ3) is 2.97. The van der Waals surface area contributed by atoms with Gasteiger partial charge in [-0.2, -0.15) is 0 Å². The van der Waals surface area contributed by atoms with Crippen LogP contribution in [0.25, 0.3) is 11.1 Å². The van der Waals surface area contributed by atoms with E-state index in [9.17, 15) is 4.79 Å². The molecule has 1 aromatic heterocycles. The van der Waals surface area contributed by atoms with Crippen LogP contribution in [-0.2, 0) is 4.74 Å². The number of benzene rings is 1. The topological polar surface area (TPSA) is 65.2 Å². The maximum Gasteiger partial charge on any atom is 0.338 e. The third-order valence-corrected chi connectivity index (χ3v) is 2.94. The third-order valence-electron chi connectivity index (χ3n) is 2.50. The van der Waals surface area contributed by atoms with Crippen LogP contribution in [0.1, 0.15) is 10.4 Å². The zero-order chi connectivity index (χ0) is 14.0. The summed E-state index contributed by atoms with van der Waals surface area (Å²) >= 11 is 11.9. The first-order valence-corrected chi connectivity index (χ1v) is 6.07. The Balaban J connectivity index is 2.64. The number of halogens is 2. The predicted octanol–water partition coefficient (Wildman–Crippen LogP) is 3.42. The highest BCUT2D eigenvalue weighted by Crippen LogP contribution is 2.30. The Morgan fingerprint density at radius 3 is 2.42 bits per heavy atom. The van der Waals surface area contributed by atoms with E-state index < -0.39 is 5.97 Å². The van der Waals surface area contributed by atoms with E-state index >= 15 is 0 Å². The highest BCUT2D eigenvalue weighted by atomic mass is 35.5. The van der Waals surface area contributed by atoms with E-state index in [1.165, 1.54) is 19.4 Å². The lowest BCUT2D eigenvalue weighted by Gasteiger charge is -2.09. The molecule has 2 N–H and O–H groups in total. The molecule has 1 heterocycles. The first-order chi connectivity index (χ1) is 9.01. The highest BCUT2D eigenvalue weighted by Gasteiger charge is 2.15. The number of nitrogens with zero attached hydrogens (tertiary/aromatic N) is 1. The first-order valence-electron chi connectivity index (χ1n) is 5.31. The van der Waals surface area contributed by atoms with Crippen LogP contribution in [0.5, 0.6) is 0 Å². The summed E-state index contributed by atoms with van der Waals surface area (Å²) in [6.45, 7) is 0. The molecule has 0 saturated carbocycles. The van der Waals surface area contributed by atoms with Crippen molar-refractivity contribution in [3.05, 3.63) is 46.1 Å². The van der Waals surface area contributed by atoms with Gasteiger partial charge < -0.3 is 10.5 Å². The Morgan fingerprint density at radius 1 is 1.21 bits per heavy atom. The number of esters is 1. The standard InChI is InChI=1S/C13H10Cl2N2O2/c1-19-13(18)10-5-12(16)17-6-11(10)7-2-8(14)4-9(15)3-7/h2-6H,1H3,(H2,16,17). The molecule has 0 radical (unpaired) electrons. The molecule has 0 atom stereocenters. The molecule has 0 fully saturated rings. The molecule has 0 aliphatic rings. The van der Waals surface area contributed by atoms with E-state index in [0.29, 0.717) is 26.7 Å². The summed E-state index contributed by atoms with van der Waals surface area (Å²) < 4.78 is 4.73. The monoisotopic (exact) mass is 296 g/mol. The number of nitrogens with two attached hydrogens (primary N) is 1. The Hall–Kier alpha value is -1.78. The Kier molecular flexibility index (Phi) is 3.93. The molecule has 0 aliphatic carbocycles. The number of nitrogen functional groups attached to an aromatic ring is 1. The maximum atomic E-state index is 11.8. The van der Waals surface area contributed by atoms with Crippen molar-refractivity contribution in [3.8, 4) is 11.1 Å². The van der Waals surface area contributed by atoms with E-state index in [-0.39, 0.29) is 5.82 Å². The molecule has 2 aromatic rings. The molecule has 19 heavy (non-hydrogen) atoms. The maximum absolute atomic E-state index is 11.8. The minimum Gasteiger partial charge on any atom is -0.465 e. The molecule has 2 rings (SSSR count). The van der Waals surface area contributed by atoms with Crippen molar-refractivity contribution in [2.24, 2.45) is 0 Å². The number of hydrogen-bond acceptors (Lipinski definition) is 4. The van der Waals surface area contributed by atoms with Crippen LogP contribution >= 0.6 is 23.2 Å². The zero-order valence-corrected chi connectivity index (χ0v) is 11.5. The second-order valence-electron chi connectivity index (χ2n) is 3.80. The van der Waals surface area contributed by atoms with Crippen LogP contribution in [0.4, 0.5) is 5.82 Å². The van der Waals surface area contributed by atoms with Crippen LogP contribution in [0.3, 0.4) is 0 Å². The number of methoxy groups -OCH3 is 1. The number of anilines is 1. The molecule has 0 spiro atoms. The quantitative estimate of drug-likeness (QED) is 0.862. The van der Waals surface area contributed by atoms with Gasteiger partial charge >= 0.3 is 5.97 Å². The van der Waals surface area contributed by atoms with E-state index in [0.717, 1.165) is 0 Å². The SMILES string of the molecule is COC(=O)c1cc(N)ncc1-c1cc(Cl)cc(Cl)c1. The molecule has 6 heteroatoms. The fourth-order valence-electron chi connectivity index (χ4n) is 1.69. The van der Waals surface area contributed by atoms with Crippen molar-refractivity contribution < 1.29 is 9.53 Å². The molecular formula is C13H10Cl2N2O2. The van der Waals surface area contributed by atoms with Gasteiger partial charge in [0.15, 0.2) is 0 Å². The second-order valence-corrected chi connectivity index (χ2v) is 4.68. The Bertz CT molecular complexity index is 624. The minimum absolute atomic E-state index is 0.234. The molecule has 0 amide bonds. The average Bonchev–Trinajstić information content (AvgIpc) is 2.36. The number of ether oxygens (including phenoxy) is 1. The fraction of sp³-hybridized carbons (Fsp3) is 0.0769. The van der Waals surface area contributed by atoms with Crippen LogP contribution in [-0.4, -0.2) is 18.1 Å².